The molecule has 0 radical (unpaired) electrons. The fraction of sp³-hybridized carbons (Fsp3) is 0.308. The molecule has 0 aliphatic carbocycles. The second-order valence-electron chi connectivity index (χ2n) is 7.69. The van der Waals surface area contributed by atoms with Crippen LogP contribution in [0.25, 0.3) is 0 Å². The molecule has 1 unspecified atom stereocenters. The maximum Gasteiger partial charge on any atom is 0.166 e. The van der Waals surface area contributed by atoms with E-state index in [1.165, 1.54) is 25.2 Å². The van der Waals surface area contributed by atoms with Crippen LogP contribution in [-0.4, -0.2) is 0 Å². The molecule has 0 aromatic rings. The Hall–Kier alpha value is -2.55. The largest absolute Gasteiger partial charge is 0.207 e. The zero-order chi connectivity index (χ0) is 22.9. The Morgan fingerprint density at radius 3 is 1.76 bits per heavy atom. The number of rotatable bonds is 12. The normalized spacial score (nSPS) is 13.9. The first-order valence-corrected chi connectivity index (χ1v) is 9.51. The first-order valence-electron chi connectivity index (χ1n) is 9.51. The number of halogens is 3. The van der Waals surface area contributed by atoms with Crippen LogP contribution in [0.5, 0.6) is 0 Å². The van der Waals surface area contributed by atoms with Gasteiger partial charge in [-0.25, -0.2) is 13.2 Å². The molecule has 0 saturated heterocycles. The van der Waals surface area contributed by atoms with Crippen molar-refractivity contribution in [3.8, 4) is 0 Å². The third-order valence-electron chi connectivity index (χ3n) is 4.50. The van der Waals surface area contributed by atoms with Crippen molar-refractivity contribution in [1.29, 1.82) is 0 Å². The van der Waals surface area contributed by atoms with E-state index in [9.17, 15) is 13.2 Å². The lowest BCUT2D eigenvalue weighted by Crippen LogP contribution is -2.02. The molecular weight excluding hydrogens is 369 g/mol. The molecule has 0 amide bonds. The Balaban J connectivity index is 5.11. The highest BCUT2D eigenvalue weighted by atomic mass is 19.2. The van der Waals surface area contributed by atoms with Gasteiger partial charge in [0.15, 0.2) is 11.7 Å². The molecule has 0 aromatic carbocycles. The number of hydrogen-bond acceptors (Lipinski definition) is 0. The van der Waals surface area contributed by atoms with Crippen molar-refractivity contribution in [2.75, 3.05) is 0 Å². The van der Waals surface area contributed by atoms with Crippen molar-refractivity contribution in [3.05, 3.63) is 109 Å². The highest BCUT2D eigenvalue weighted by Gasteiger charge is 2.14. The van der Waals surface area contributed by atoms with Crippen LogP contribution >= 0.6 is 0 Å². The van der Waals surface area contributed by atoms with E-state index in [2.05, 4.69) is 53.3 Å². The van der Waals surface area contributed by atoms with Crippen LogP contribution in [0.2, 0.25) is 0 Å². The molecular formula is C26H33F3. The van der Waals surface area contributed by atoms with Crippen molar-refractivity contribution < 1.29 is 13.2 Å². The summed E-state index contributed by atoms with van der Waals surface area (Å²) in [4.78, 5) is 0. The van der Waals surface area contributed by atoms with E-state index in [1.54, 1.807) is 0 Å². The van der Waals surface area contributed by atoms with Crippen molar-refractivity contribution in [2.45, 2.75) is 40.5 Å². The van der Waals surface area contributed by atoms with E-state index in [4.69, 9.17) is 0 Å². The van der Waals surface area contributed by atoms with Gasteiger partial charge in [0, 0.05) is 5.57 Å². The van der Waals surface area contributed by atoms with Crippen LogP contribution in [0.4, 0.5) is 13.2 Å². The fourth-order valence-corrected chi connectivity index (χ4v) is 2.20. The molecule has 3 heteroatoms. The molecule has 29 heavy (non-hydrogen) atoms. The van der Waals surface area contributed by atoms with Gasteiger partial charge in [0.25, 0.3) is 0 Å². The summed E-state index contributed by atoms with van der Waals surface area (Å²) in [6.07, 6.45) is 6.04. The maximum atomic E-state index is 14.5. The average Bonchev–Trinajstić information content (AvgIpc) is 2.66. The smallest absolute Gasteiger partial charge is 0.166 e. The minimum Gasteiger partial charge on any atom is -0.207 e. The van der Waals surface area contributed by atoms with Crippen molar-refractivity contribution in [3.63, 3.8) is 0 Å². The van der Waals surface area contributed by atoms with Gasteiger partial charge in [-0.1, -0.05) is 78.8 Å². The lowest BCUT2D eigenvalue weighted by molar-refractivity contribution is 0.478. The Labute approximate surface area is 174 Å². The van der Waals surface area contributed by atoms with Gasteiger partial charge in [-0.2, -0.15) is 0 Å². The molecule has 0 saturated carbocycles. The van der Waals surface area contributed by atoms with Gasteiger partial charge >= 0.3 is 0 Å². The Morgan fingerprint density at radius 1 is 0.759 bits per heavy atom. The summed E-state index contributed by atoms with van der Waals surface area (Å²) in [7, 11) is 0. The van der Waals surface area contributed by atoms with Crippen LogP contribution in [0.15, 0.2) is 109 Å². The zero-order valence-electron chi connectivity index (χ0n) is 18.2. The van der Waals surface area contributed by atoms with Crippen LogP contribution in [-0.2, 0) is 0 Å². The highest BCUT2D eigenvalue weighted by molar-refractivity contribution is 5.53. The Morgan fingerprint density at radius 2 is 1.28 bits per heavy atom. The van der Waals surface area contributed by atoms with E-state index in [0.717, 1.165) is 12.8 Å². The molecule has 0 aliphatic rings. The van der Waals surface area contributed by atoms with Crippen molar-refractivity contribution in [2.24, 2.45) is 11.8 Å². The zero-order valence-corrected chi connectivity index (χ0v) is 18.2. The van der Waals surface area contributed by atoms with Gasteiger partial charge in [-0.05, 0) is 59.1 Å². The van der Waals surface area contributed by atoms with Gasteiger partial charge < -0.3 is 0 Å². The molecule has 0 bridgehead atoms. The van der Waals surface area contributed by atoms with E-state index >= 15 is 0 Å². The SMILES string of the molecule is C=C(/C=C\C(=C)C(=C)/C(F)=C(/F)C(=C)C)C(=C)/C=C(/F)C(=C)C(C)CCC(C)C. The Kier molecular flexibility index (Phi) is 11.0. The van der Waals surface area contributed by atoms with Gasteiger partial charge in [0.05, 0.1) is 0 Å². The minimum absolute atomic E-state index is 0.0198. The average molecular weight is 403 g/mol. The van der Waals surface area contributed by atoms with Crippen molar-refractivity contribution in [1.82, 2.24) is 0 Å². The monoisotopic (exact) mass is 402 g/mol. The van der Waals surface area contributed by atoms with Crippen LogP contribution in [0.3, 0.4) is 0 Å². The van der Waals surface area contributed by atoms with Crippen LogP contribution in [0.1, 0.15) is 40.5 Å². The van der Waals surface area contributed by atoms with Crippen LogP contribution < -0.4 is 0 Å². The summed E-state index contributed by atoms with van der Waals surface area (Å²) in [6.45, 7) is 29.5. The summed E-state index contributed by atoms with van der Waals surface area (Å²) in [5.41, 5.74) is 1.09. The lowest BCUT2D eigenvalue weighted by Gasteiger charge is -2.15. The fourth-order valence-electron chi connectivity index (χ4n) is 2.20. The highest BCUT2D eigenvalue weighted by Crippen LogP contribution is 2.28. The molecule has 1 atom stereocenters. The first kappa shape index (κ1) is 26.4. The second-order valence-corrected chi connectivity index (χ2v) is 7.69. The molecule has 0 rings (SSSR count). The van der Waals surface area contributed by atoms with Gasteiger partial charge in [0.2, 0.25) is 0 Å². The van der Waals surface area contributed by atoms with Crippen LogP contribution in [0, 0.1) is 11.8 Å². The summed E-state index contributed by atoms with van der Waals surface area (Å²) in [5.74, 6) is -2.06. The Bertz CT molecular complexity index is 798. The third-order valence-corrected chi connectivity index (χ3v) is 4.50. The molecule has 0 N–H and O–H groups in total. The van der Waals surface area contributed by atoms with E-state index < -0.39 is 17.5 Å². The lowest BCUT2D eigenvalue weighted by atomic mass is 9.92. The third kappa shape index (κ3) is 8.99. The molecule has 0 fully saturated rings. The topological polar surface area (TPSA) is 0 Å². The molecule has 0 aromatic heterocycles. The number of hydrogen-bond donors (Lipinski definition) is 0. The molecule has 158 valence electrons. The minimum atomic E-state index is -1.12. The summed E-state index contributed by atoms with van der Waals surface area (Å²) in [6, 6.07) is 0. The first-order chi connectivity index (χ1) is 13.3. The molecule has 0 aliphatic heterocycles. The summed E-state index contributed by atoms with van der Waals surface area (Å²) >= 11 is 0. The summed E-state index contributed by atoms with van der Waals surface area (Å²) in [5, 5.41) is 0. The summed E-state index contributed by atoms with van der Waals surface area (Å²) < 4.78 is 42.1. The molecule has 0 spiro atoms. The van der Waals surface area contributed by atoms with E-state index in [-0.39, 0.29) is 22.6 Å². The van der Waals surface area contributed by atoms with Crippen molar-refractivity contribution >= 4 is 0 Å². The molecule has 0 heterocycles. The molecule has 0 nitrogen and oxygen atoms in total. The van der Waals surface area contributed by atoms with E-state index in [0.29, 0.717) is 22.6 Å². The number of allylic oxidation sites excluding steroid dienone is 12. The van der Waals surface area contributed by atoms with E-state index in [1.807, 2.05) is 6.92 Å². The van der Waals surface area contributed by atoms with Gasteiger partial charge in [-0.3, -0.25) is 0 Å². The maximum absolute atomic E-state index is 14.5. The predicted molar refractivity (Wildman–Crippen MR) is 121 cm³/mol. The van der Waals surface area contributed by atoms with Gasteiger partial charge in [-0.15, -0.1) is 0 Å². The predicted octanol–water partition coefficient (Wildman–Crippen LogP) is 8.98. The second kappa shape index (κ2) is 12.1. The quantitative estimate of drug-likeness (QED) is 0.286. The van der Waals surface area contributed by atoms with Gasteiger partial charge in [0.1, 0.15) is 5.83 Å². The standard InChI is InChI=1S/C26H33F3/c1-16(2)11-12-19(6)22(9)24(27)15-21(8)18(5)13-14-20(7)23(10)26(29)25(28)17(3)4/h13-16,19H,3,5,7-12H2,1-2,4,6H3/b14-13-,24-15+,26-25-.